The van der Waals surface area contributed by atoms with E-state index in [1.54, 1.807) is 12.1 Å². The Kier molecular flexibility index (Phi) is 6.54. The lowest BCUT2D eigenvalue weighted by atomic mass is 10.2. The number of nitrogens with one attached hydrogen (secondary N) is 1. The Labute approximate surface area is 154 Å². The first-order chi connectivity index (χ1) is 11.4. The van der Waals surface area contributed by atoms with Gasteiger partial charge in [-0.15, -0.1) is 11.8 Å². The van der Waals surface area contributed by atoms with Crippen LogP contribution < -0.4 is 5.32 Å². The number of carbonyl (C=O) groups excluding carboxylic acids is 1. The summed E-state index contributed by atoms with van der Waals surface area (Å²) < 4.78 is 0. The molecule has 0 radical (unpaired) electrons. The van der Waals surface area contributed by atoms with E-state index in [0.29, 0.717) is 16.5 Å². The molecule has 0 aliphatic carbocycles. The highest BCUT2D eigenvalue weighted by molar-refractivity contribution is 8.00. The monoisotopic (exact) mass is 383 g/mol. The van der Waals surface area contributed by atoms with E-state index in [1.165, 1.54) is 30.0 Å². The van der Waals surface area contributed by atoms with Crippen molar-refractivity contribution >= 4 is 52.5 Å². The van der Waals surface area contributed by atoms with Gasteiger partial charge in [-0.25, -0.2) is 4.79 Å². The predicted octanol–water partition coefficient (Wildman–Crippen LogP) is 5.20. The number of carbonyl (C=O) groups is 2. The summed E-state index contributed by atoms with van der Waals surface area (Å²) in [5.74, 6) is -1.31. The van der Waals surface area contributed by atoms with Gasteiger partial charge in [0.25, 0.3) is 0 Å². The van der Waals surface area contributed by atoms with Crippen LogP contribution in [0.1, 0.15) is 23.7 Å². The van der Waals surface area contributed by atoms with E-state index < -0.39 is 5.97 Å². The van der Waals surface area contributed by atoms with Crippen LogP contribution >= 0.6 is 35.0 Å². The van der Waals surface area contributed by atoms with E-state index in [-0.39, 0.29) is 22.4 Å². The highest BCUT2D eigenvalue weighted by atomic mass is 35.5. The molecule has 0 bridgehead atoms. The number of anilines is 1. The van der Waals surface area contributed by atoms with Crippen molar-refractivity contribution in [2.45, 2.75) is 23.5 Å². The molecule has 0 fully saturated rings. The molecule has 2 aromatic carbocycles. The molecule has 2 aromatic rings. The van der Waals surface area contributed by atoms with Gasteiger partial charge in [-0.1, -0.05) is 30.1 Å². The fraction of sp³-hybridized carbons (Fsp3) is 0.176. The third-order valence-corrected chi connectivity index (χ3v) is 5.18. The van der Waals surface area contributed by atoms with E-state index in [0.717, 1.165) is 4.90 Å². The van der Waals surface area contributed by atoms with Crippen LogP contribution in [0.4, 0.5) is 5.69 Å². The maximum Gasteiger partial charge on any atom is 0.335 e. The van der Waals surface area contributed by atoms with Crippen LogP contribution in [0, 0.1) is 0 Å². The number of amides is 1. The number of aromatic carboxylic acids is 1. The molecule has 24 heavy (non-hydrogen) atoms. The number of hydrogen-bond donors (Lipinski definition) is 2. The summed E-state index contributed by atoms with van der Waals surface area (Å²) in [6, 6.07) is 11.4. The summed E-state index contributed by atoms with van der Waals surface area (Å²) in [6.45, 7) is 1.91. The van der Waals surface area contributed by atoms with E-state index in [2.05, 4.69) is 5.32 Å². The van der Waals surface area contributed by atoms with Crippen LogP contribution in [0.2, 0.25) is 10.0 Å². The van der Waals surface area contributed by atoms with Crippen LogP contribution in [0.3, 0.4) is 0 Å². The minimum Gasteiger partial charge on any atom is -0.478 e. The fourth-order valence-electron chi connectivity index (χ4n) is 1.97. The van der Waals surface area contributed by atoms with Crippen LogP contribution in [0.25, 0.3) is 0 Å². The lowest BCUT2D eigenvalue weighted by Crippen LogP contribution is -2.24. The molecule has 0 saturated heterocycles. The van der Waals surface area contributed by atoms with Gasteiger partial charge in [0, 0.05) is 9.92 Å². The highest BCUT2D eigenvalue weighted by Crippen LogP contribution is 2.29. The summed E-state index contributed by atoms with van der Waals surface area (Å²) in [7, 11) is 0. The van der Waals surface area contributed by atoms with E-state index in [1.807, 2.05) is 19.1 Å². The molecule has 4 nitrogen and oxygen atoms in total. The first-order valence-electron chi connectivity index (χ1n) is 7.16. The normalized spacial score (nSPS) is 11.8. The van der Waals surface area contributed by atoms with Crippen molar-refractivity contribution in [3.63, 3.8) is 0 Å². The Morgan fingerprint density at radius 2 is 1.83 bits per heavy atom. The van der Waals surface area contributed by atoms with E-state index >= 15 is 0 Å². The summed E-state index contributed by atoms with van der Waals surface area (Å²) in [6.07, 6.45) is 0.607. The lowest BCUT2D eigenvalue weighted by Gasteiger charge is -2.16. The van der Waals surface area contributed by atoms with Crippen molar-refractivity contribution in [3.05, 3.63) is 58.1 Å². The first-order valence-corrected chi connectivity index (χ1v) is 8.80. The van der Waals surface area contributed by atoms with Crippen molar-refractivity contribution in [1.82, 2.24) is 0 Å². The van der Waals surface area contributed by atoms with Crippen LogP contribution in [-0.4, -0.2) is 22.2 Å². The molecule has 0 saturated carbocycles. The molecule has 1 unspecified atom stereocenters. The number of halogens is 2. The van der Waals surface area contributed by atoms with Crippen molar-refractivity contribution in [2.24, 2.45) is 0 Å². The smallest absolute Gasteiger partial charge is 0.335 e. The van der Waals surface area contributed by atoms with Crippen molar-refractivity contribution < 1.29 is 14.7 Å². The minimum atomic E-state index is -1.08. The van der Waals surface area contributed by atoms with Gasteiger partial charge in [0.1, 0.15) is 0 Å². The van der Waals surface area contributed by atoms with Crippen molar-refractivity contribution in [3.8, 4) is 0 Å². The molecule has 0 spiro atoms. The van der Waals surface area contributed by atoms with Gasteiger partial charge in [-0.2, -0.15) is 0 Å². The molecule has 126 valence electrons. The topological polar surface area (TPSA) is 66.4 Å². The lowest BCUT2D eigenvalue weighted by molar-refractivity contribution is -0.115. The molecular formula is C17H15Cl2NO3S. The van der Waals surface area contributed by atoms with Gasteiger partial charge in [0.05, 0.1) is 21.5 Å². The minimum absolute atomic E-state index is 0.0631. The summed E-state index contributed by atoms with van der Waals surface area (Å²) >= 11 is 13.3. The summed E-state index contributed by atoms with van der Waals surface area (Å²) in [4.78, 5) is 24.4. The van der Waals surface area contributed by atoms with Gasteiger partial charge in [-0.05, 0) is 48.9 Å². The maximum atomic E-state index is 12.5. The second-order valence-corrected chi connectivity index (χ2v) is 7.08. The molecule has 7 heteroatoms. The number of thioether (sulfide) groups is 1. The number of hydrogen-bond acceptors (Lipinski definition) is 3. The second kappa shape index (κ2) is 8.42. The van der Waals surface area contributed by atoms with Crippen LogP contribution in [0.15, 0.2) is 47.4 Å². The van der Waals surface area contributed by atoms with E-state index in [9.17, 15) is 9.59 Å². The Hall–Kier alpha value is -1.69. The Morgan fingerprint density at radius 3 is 2.42 bits per heavy atom. The maximum absolute atomic E-state index is 12.5. The van der Waals surface area contributed by atoms with Crippen LogP contribution in [-0.2, 0) is 4.79 Å². The number of benzene rings is 2. The van der Waals surface area contributed by atoms with Crippen molar-refractivity contribution in [2.75, 3.05) is 5.32 Å². The standard InChI is InChI=1S/C17H15Cl2NO3S/c1-2-15(24-12-6-4-11(18)5-7-12)16(21)20-14-9-10(17(22)23)3-8-13(14)19/h3-9,15H,2H2,1H3,(H,20,21)(H,22,23). The number of carboxylic acid groups (broad SMARTS) is 1. The molecule has 0 aromatic heterocycles. The van der Waals surface area contributed by atoms with Gasteiger partial charge < -0.3 is 10.4 Å². The molecule has 2 rings (SSSR count). The van der Waals surface area contributed by atoms with Crippen molar-refractivity contribution in [1.29, 1.82) is 0 Å². The molecule has 0 aliphatic rings. The van der Waals surface area contributed by atoms with Gasteiger partial charge >= 0.3 is 5.97 Å². The average Bonchev–Trinajstić information content (AvgIpc) is 2.56. The fourth-order valence-corrected chi connectivity index (χ4v) is 3.21. The quantitative estimate of drug-likeness (QED) is 0.672. The number of rotatable bonds is 6. The van der Waals surface area contributed by atoms with Gasteiger partial charge in [0.15, 0.2) is 0 Å². The molecule has 2 N–H and O–H groups in total. The summed E-state index contributed by atoms with van der Waals surface area (Å²) in [5, 5.41) is 12.3. The molecule has 0 aliphatic heterocycles. The molecule has 0 heterocycles. The zero-order chi connectivity index (χ0) is 17.7. The SMILES string of the molecule is CCC(Sc1ccc(Cl)cc1)C(=O)Nc1cc(C(=O)O)ccc1Cl. The predicted molar refractivity (Wildman–Crippen MR) is 98.4 cm³/mol. The second-order valence-electron chi connectivity index (χ2n) is 4.96. The van der Waals surface area contributed by atoms with Gasteiger partial charge in [-0.3, -0.25) is 4.79 Å². The summed E-state index contributed by atoms with van der Waals surface area (Å²) in [5.41, 5.74) is 0.352. The zero-order valence-electron chi connectivity index (χ0n) is 12.8. The van der Waals surface area contributed by atoms with Gasteiger partial charge in [0.2, 0.25) is 5.91 Å². The Balaban J connectivity index is 2.13. The highest BCUT2D eigenvalue weighted by Gasteiger charge is 2.19. The molecule has 1 amide bonds. The molecular weight excluding hydrogens is 369 g/mol. The Morgan fingerprint density at radius 1 is 1.17 bits per heavy atom. The zero-order valence-corrected chi connectivity index (χ0v) is 15.1. The van der Waals surface area contributed by atoms with Crippen LogP contribution in [0.5, 0.6) is 0 Å². The number of carboxylic acids is 1. The molecule has 1 atom stereocenters. The third-order valence-electron chi connectivity index (χ3n) is 3.23. The average molecular weight is 384 g/mol. The third kappa shape index (κ3) is 4.90. The largest absolute Gasteiger partial charge is 0.478 e. The first kappa shape index (κ1) is 18.6. The Bertz CT molecular complexity index is 750. The van der Waals surface area contributed by atoms with E-state index in [4.69, 9.17) is 28.3 Å².